The van der Waals surface area contributed by atoms with E-state index < -0.39 is 17.9 Å². The summed E-state index contributed by atoms with van der Waals surface area (Å²) in [6.07, 6.45) is 2.27. The summed E-state index contributed by atoms with van der Waals surface area (Å²) >= 11 is 0. The zero-order chi connectivity index (χ0) is 57.3. The minimum atomic E-state index is -0.492. The van der Waals surface area contributed by atoms with Gasteiger partial charge in [0.15, 0.2) is 0 Å². The molecule has 79 heavy (non-hydrogen) atoms. The number of carbonyl (C=O) groups excluding carboxylic acids is 3. The number of esters is 3. The molecule has 0 aliphatic carbocycles. The van der Waals surface area contributed by atoms with Gasteiger partial charge < -0.3 is 29.5 Å². The fraction of sp³-hybridized carbons (Fsp3) is 0.262. The Hall–Kier alpha value is -9.45. The predicted molar refractivity (Wildman–Crippen MR) is 304 cm³/mol. The second-order valence-electron chi connectivity index (χ2n) is 23.2. The van der Waals surface area contributed by atoms with Crippen LogP contribution in [0.3, 0.4) is 0 Å². The van der Waals surface area contributed by atoms with E-state index in [9.17, 15) is 29.7 Å². The number of phenols is 3. The van der Waals surface area contributed by atoms with E-state index in [1.165, 1.54) is 0 Å². The van der Waals surface area contributed by atoms with Gasteiger partial charge in [-0.25, -0.2) is 14.4 Å². The fourth-order valence-electron chi connectivity index (χ4n) is 9.49. The quantitative estimate of drug-likeness (QED) is 0.0720. The van der Waals surface area contributed by atoms with Gasteiger partial charge in [-0.1, -0.05) is 94.2 Å². The molecule has 0 aliphatic heterocycles. The number of aryl methyl sites for hydroxylation is 3. The molecule has 6 aromatic heterocycles. The number of phenolic OH excluding ortho intramolecular Hbond substituents is 3. The molecule has 0 bridgehead atoms. The molecule has 0 radical (unpaired) electrons. The molecule has 0 spiro atoms. The average molecular weight is 1070 g/mol. The van der Waals surface area contributed by atoms with E-state index >= 15 is 0 Å². The summed E-state index contributed by atoms with van der Waals surface area (Å²) in [4.78, 5) is 40.2. The number of hydrogen-bond acceptors (Lipinski definition) is 9. The molecule has 18 nitrogen and oxygen atoms in total. The van der Waals surface area contributed by atoms with Gasteiger partial charge in [-0.2, -0.15) is 0 Å². The minimum absolute atomic E-state index is 0.0545. The Bertz CT molecular complexity index is 4380. The Labute approximate surface area is 455 Å². The summed E-state index contributed by atoms with van der Waals surface area (Å²) < 4.78 is 27.3. The van der Waals surface area contributed by atoms with E-state index in [-0.39, 0.29) is 33.5 Å². The predicted octanol–water partition coefficient (Wildman–Crippen LogP) is 11.9. The Morgan fingerprint density at radius 1 is 0.468 bits per heavy atom. The van der Waals surface area contributed by atoms with Gasteiger partial charge in [0.05, 0.1) is 0 Å². The van der Waals surface area contributed by atoms with Crippen molar-refractivity contribution in [1.82, 2.24) is 42.2 Å². The Kier molecular flexibility index (Phi) is 12.3. The van der Waals surface area contributed by atoms with Crippen molar-refractivity contribution in [3.8, 4) is 51.6 Å². The van der Waals surface area contributed by atoms with Gasteiger partial charge in [0, 0.05) is 47.1 Å². The number of aromatic nitrogens is 9. The van der Waals surface area contributed by atoms with Crippen LogP contribution < -0.4 is 14.2 Å². The second-order valence-corrected chi connectivity index (χ2v) is 23.2. The molecule has 0 aliphatic rings. The summed E-state index contributed by atoms with van der Waals surface area (Å²) in [5.41, 5.74) is 14.1. The van der Waals surface area contributed by atoms with Gasteiger partial charge >= 0.3 is 17.9 Å². The van der Waals surface area contributed by atoms with Crippen LogP contribution >= 0.6 is 0 Å². The fourth-order valence-corrected chi connectivity index (χ4v) is 9.49. The van der Waals surface area contributed by atoms with Crippen molar-refractivity contribution < 1.29 is 43.9 Å². The van der Waals surface area contributed by atoms with Gasteiger partial charge in [0.2, 0.25) is 0 Å². The molecule has 6 aromatic carbocycles. The number of benzene rings is 6. The van der Waals surface area contributed by atoms with Crippen LogP contribution in [0, 0.1) is 20.8 Å². The highest BCUT2D eigenvalue weighted by molar-refractivity contribution is 5.90. The third-order valence-electron chi connectivity index (χ3n) is 14.0. The lowest BCUT2D eigenvalue weighted by atomic mass is 9.80. The lowest BCUT2D eigenvalue weighted by Crippen LogP contribution is -2.17. The maximum atomic E-state index is 11.7. The van der Waals surface area contributed by atoms with Gasteiger partial charge in [-0.05, 0) is 127 Å². The molecule has 0 atom stereocenters. The molecule has 6 heterocycles. The Morgan fingerprint density at radius 3 is 1.25 bits per heavy atom. The number of fused-ring (bicyclic) bond motifs is 12. The zero-order valence-corrected chi connectivity index (χ0v) is 46.8. The number of rotatable bonds is 9. The van der Waals surface area contributed by atoms with Crippen LogP contribution in [0.2, 0.25) is 0 Å². The van der Waals surface area contributed by atoms with Gasteiger partial charge in [-0.15, -0.1) is 42.2 Å². The van der Waals surface area contributed by atoms with Crippen LogP contribution in [0.4, 0.5) is 0 Å². The highest BCUT2D eigenvalue weighted by Crippen LogP contribution is 2.43. The summed E-state index contributed by atoms with van der Waals surface area (Å²) in [6.45, 7) is 37.1. The van der Waals surface area contributed by atoms with Crippen molar-refractivity contribution in [3.05, 3.63) is 162 Å². The van der Waals surface area contributed by atoms with E-state index in [1.807, 2.05) is 118 Å². The lowest BCUT2D eigenvalue weighted by molar-refractivity contribution is -0.130. The van der Waals surface area contributed by atoms with E-state index in [2.05, 4.69) is 88.1 Å². The maximum Gasteiger partial charge on any atom is 0.338 e. The monoisotopic (exact) mass is 1070 g/mol. The topological polar surface area (TPSA) is 181 Å². The molecule has 0 saturated carbocycles. The zero-order valence-electron chi connectivity index (χ0n) is 46.8. The lowest BCUT2D eigenvalue weighted by Gasteiger charge is -2.26. The van der Waals surface area contributed by atoms with Crippen molar-refractivity contribution in [3.63, 3.8) is 0 Å². The average Bonchev–Trinajstić information content (AvgIpc) is 4.23. The Morgan fingerprint density at radius 2 is 0.848 bits per heavy atom. The minimum Gasteiger partial charge on any atom is -0.506 e. The number of aromatic hydroxyl groups is 3. The van der Waals surface area contributed by atoms with E-state index in [4.69, 9.17) is 14.2 Å². The van der Waals surface area contributed by atoms with Gasteiger partial charge in [-0.3, -0.25) is 0 Å². The number of nitrogens with zero attached hydrogens (tertiary/aromatic N) is 9. The first-order valence-corrected chi connectivity index (χ1v) is 25.7. The summed E-state index contributed by atoms with van der Waals surface area (Å²) in [5.74, 6) is 0.757. The van der Waals surface area contributed by atoms with Crippen molar-refractivity contribution in [2.45, 2.75) is 106 Å². The third-order valence-corrected chi connectivity index (χ3v) is 14.0. The van der Waals surface area contributed by atoms with Gasteiger partial charge in [0.25, 0.3) is 0 Å². The first-order valence-electron chi connectivity index (χ1n) is 25.7. The largest absolute Gasteiger partial charge is 0.506 e. The molecule has 0 unspecified atom stereocenters. The SMILES string of the molecule is C=C(C)C(=O)Oc1ccc2c(c1)n1n(-c3cc(C)cc(C(C)(C)C)c3O)n21.C=CC(=O)Oc1ccc2c(c1)n1n(-c3cc(C(C)(C)C)cc(C(C)(C)C)c3O)n21.C=CC(=O)Oc1ccc2c(c1)n1n(-c3cc(C)c(C)cc3O)n21. The van der Waals surface area contributed by atoms with Crippen LogP contribution in [0.1, 0.15) is 103 Å². The number of ether oxygens (including phenoxy) is 3. The standard InChI is InChI=1S/C23H27N3O3.C21H23N3O3.C17H15N3O3/c1-8-20(27)29-15-9-10-17-18(13-15)25-24(17)26(25)19-12-14(22(2,3)4)11-16(21(19)28)23(5,6)7;1-12(2)20(26)27-14-7-8-16-17(11-14)23-22(16)24(23)18-10-13(3)9-15(19(18)25)21(4,5)6;1-4-17(22)23-12-5-6-13-14(9-12)19-18(13)20(19)15-7-10(2)11(3)8-16(15)21/h8-13,28H,1H2,2-7H3;7-11,25H,1H2,2-6H3;4-9,21H,1H2,2-3H3. The smallest absolute Gasteiger partial charge is 0.338 e. The summed E-state index contributed by atoms with van der Waals surface area (Å²) in [5, 5.41) is 32.2. The van der Waals surface area contributed by atoms with Crippen LogP contribution in [0.25, 0.3) is 50.2 Å². The molecular formula is C61H65N9O9. The molecule has 0 fully saturated rings. The summed E-state index contributed by atoms with van der Waals surface area (Å²) in [6, 6.07) is 28.1. The van der Waals surface area contributed by atoms with Crippen molar-refractivity contribution in [1.29, 1.82) is 0 Å². The van der Waals surface area contributed by atoms with Gasteiger partial charge in [0.1, 0.15) is 84.7 Å². The summed E-state index contributed by atoms with van der Waals surface area (Å²) in [7, 11) is 0. The second kappa shape index (κ2) is 18.4. The van der Waals surface area contributed by atoms with E-state index in [1.54, 1.807) is 37.3 Å². The number of carbonyl (C=O) groups is 3. The van der Waals surface area contributed by atoms with Crippen LogP contribution in [-0.4, -0.2) is 75.4 Å². The molecule has 3 N–H and O–H groups in total. The highest BCUT2D eigenvalue weighted by Gasteiger charge is 2.33. The normalized spacial score (nSPS) is 12.3. The highest BCUT2D eigenvalue weighted by atomic mass is 16.5. The maximum absolute atomic E-state index is 11.7. The molecule has 12 rings (SSSR count). The van der Waals surface area contributed by atoms with Crippen LogP contribution in [-0.2, 0) is 30.6 Å². The van der Waals surface area contributed by atoms with Crippen molar-refractivity contribution >= 4 is 51.0 Å². The first-order chi connectivity index (χ1) is 37.0. The van der Waals surface area contributed by atoms with Crippen LogP contribution in [0.15, 0.2) is 128 Å². The molecule has 408 valence electrons. The first kappa shape index (κ1) is 53.0. The molecule has 18 heteroatoms. The number of hydrogen-bond donors (Lipinski definition) is 3. The molecule has 12 aromatic rings. The van der Waals surface area contributed by atoms with E-state index in [0.29, 0.717) is 28.5 Å². The third kappa shape index (κ3) is 9.21. The van der Waals surface area contributed by atoms with Crippen molar-refractivity contribution in [2.75, 3.05) is 0 Å². The molecule has 0 saturated heterocycles. The molecular weight excluding hydrogens is 1000 g/mol. The van der Waals surface area contributed by atoms with Crippen molar-refractivity contribution in [2.24, 2.45) is 0 Å². The molecule has 0 amide bonds. The Balaban J connectivity index is 0.000000134. The van der Waals surface area contributed by atoms with E-state index in [0.717, 1.165) is 90.0 Å². The van der Waals surface area contributed by atoms with Crippen LogP contribution in [0.5, 0.6) is 34.5 Å².